The van der Waals surface area contributed by atoms with Gasteiger partial charge in [0.25, 0.3) is 0 Å². The zero-order chi connectivity index (χ0) is 22.6. The standard InChI is InChI=1S/C32H25N/c1-3-10-23(11-4-2)24-17-19-25(20-18-24)31-27-13-5-7-15-29(27)32(26-12-9-21-33-22-26)30-16-8-6-14-28(30)31/h3-22H,1H2,2H3/b11-4-,23-10+. The summed E-state index contributed by atoms with van der Waals surface area (Å²) >= 11 is 0. The lowest BCUT2D eigenvalue weighted by atomic mass is 9.86. The van der Waals surface area contributed by atoms with Crippen molar-refractivity contribution in [3.63, 3.8) is 0 Å². The number of nitrogens with zero attached hydrogens (tertiary/aromatic N) is 1. The minimum absolute atomic E-state index is 1.14. The first-order valence-corrected chi connectivity index (χ1v) is 11.2. The molecule has 1 nitrogen and oxygen atoms in total. The molecule has 4 aromatic carbocycles. The Bertz CT molecular complexity index is 1450. The van der Waals surface area contributed by atoms with Crippen molar-refractivity contribution < 1.29 is 0 Å². The van der Waals surface area contributed by atoms with E-state index in [1.54, 1.807) is 0 Å². The lowest BCUT2D eigenvalue weighted by Crippen LogP contribution is -1.91. The molecule has 0 atom stereocenters. The third-order valence-electron chi connectivity index (χ3n) is 6.03. The Morgan fingerprint density at radius 2 is 1.27 bits per heavy atom. The molecule has 0 saturated heterocycles. The van der Waals surface area contributed by atoms with Crippen molar-refractivity contribution in [1.29, 1.82) is 0 Å². The van der Waals surface area contributed by atoms with Crippen molar-refractivity contribution in [2.45, 2.75) is 6.92 Å². The van der Waals surface area contributed by atoms with Gasteiger partial charge in [-0.2, -0.15) is 0 Å². The normalized spacial score (nSPS) is 12.0. The summed E-state index contributed by atoms with van der Waals surface area (Å²) in [6.45, 7) is 5.90. The molecule has 0 fully saturated rings. The second-order valence-corrected chi connectivity index (χ2v) is 8.02. The fourth-order valence-electron chi connectivity index (χ4n) is 4.64. The number of pyridine rings is 1. The molecule has 158 valence electrons. The van der Waals surface area contributed by atoms with Crippen LogP contribution in [0.5, 0.6) is 0 Å². The number of fused-ring (bicyclic) bond motifs is 2. The molecule has 0 aliphatic carbocycles. The quantitative estimate of drug-likeness (QED) is 0.203. The van der Waals surface area contributed by atoms with Crippen molar-refractivity contribution in [3.05, 3.63) is 134 Å². The number of hydrogen-bond acceptors (Lipinski definition) is 1. The van der Waals surface area contributed by atoms with Crippen LogP contribution in [0.2, 0.25) is 0 Å². The Hall–Kier alpha value is -4.23. The van der Waals surface area contributed by atoms with Crippen LogP contribution in [0.15, 0.2) is 128 Å². The first kappa shape index (κ1) is 20.7. The zero-order valence-electron chi connectivity index (χ0n) is 18.7. The Kier molecular flexibility index (Phi) is 5.70. The van der Waals surface area contributed by atoms with Crippen LogP contribution in [0.25, 0.3) is 49.4 Å². The van der Waals surface area contributed by atoms with Gasteiger partial charge < -0.3 is 0 Å². The SMILES string of the molecule is C=C/C=C(\C=C/C)c1ccc(-c2c3ccccc3c(-c3cccnc3)c3ccccc23)cc1. The van der Waals surface area contributed by atoms with Crippen LogP contribution in [-0.2, 0) is 0 Å². The van der Waals surface area contributed by atoms with Gasteiger partial charge in [0.2, 0.25) is 0 Å². The van der Waals surface area contributed by atoms with E-state index in [9.17, 15) is 0 Å². The van der Waals surface area contributed by atoms with Crippen LogP contribution in [-0.4, -0.2) is 4.98 Å². The maximum absolute atomic E-state index is 4.39. The van der Waals surface area contributed by atoms with E-state index in [4.69, 9.17) is 0 Å². The lowest BCUT2D eigenvalue weighted by Gasteiger charge is -2.17. The van der Waals surface area contributed by atoms with Crippen molar-refractivity contribution in [3.8, 4) is 22.3 Å². The molecule has 33 heavy (non-hydrogen) atoms. The van der Waals surface area contributed by atoms with Gasteiger partial charge in [0, 0.05) is 18.0 Å². The minimum Gasteiger partial charge on any atom is -0.264 e. The Morgan fingerprint density at radius 3 is 1.76 bits per heavy atom. The lowest BCUT2D eigenvalue weighted by molar-refractivity contribution is 1.33. The average molecular weight is 424 g/mol. The molecule has 0 aliphatic rings. The summed E-state index contributed by atoms with van der Waals surface area (Å²) in [7, 11) is 0. The van der Waals surface area contributed by atoms with Gasteiger partial charge in [0.1, 0.15) is 0 Å². The van der Waals surface area contributed by atoms with Gasteiger partial charge in [0.05, 0.1) is 0 Å². The minimum atomic E-state index is 1.14. The van der Waals surface area contributed by atoms with Gasteiger partial charge in [-0.1, -0.05) is 110 Å². The third kappa shape index (κ3) is 3.79. The number of rotatable bonds is 5. The molecule has 0 aliphatic heterocycles. The van der Waals surface area contributed by atoms with Crippen molar-refractivity contribution in [1.82, 2.24) is 4.98 Å². The molecule has 0 N–H and O–H groups in total. The van der Waals surface area contributed by atoms with Gasteiger partial charge in [-0.05, 0) is 62.4 Å². The molecular weight excluding hydrogens is 398 g/mol. The highest BCUT2D eigenvalue weighted by Crippen LogP contribution is 2.43. The first-order valence-electron chi connectivity index (χ1n) is 11.2. The molecule has 1 heteroatoms. The van der Waals surface area contributed by atoms with E-state index in [2.05, 4.69) is 103 Å². The molecule has 0 unspecified atom stereocenters. The fourth-order valence-corrected chi connectivity index (χ4v) is 4.64. The van der Waals surface area contributed by atoms with E-state index in [0.717, 1.165) is 11.1 Å². The smallest absolute Gasteiger partial charge is 0.0346 e. The van der Waals surface area contributed by atoms with Gasteiger partial charge in [-0.15, -0.1) is 0 Å². The van der Waals surface area contributed by atoms with Crippen LogP contribution in [0.3, 0.4) is 0 Å². The summed E-state index contributed by atoms with van der Waals surface area (Å²) in [6, 6.07) is 30.4. The van der Waals surface area contributed by atoms with E-state index in [-0.39, 0.29) is 0 Å². The van der Waals surface area contributed by atoms with Crippen molar-refractivity contribution in [2.24, 2.45) is 0 Å². The van der Waals surface area contributed by atoms with Gasteiger partial charge >= 0.3 is 0 Å². The highest BCUT2D eigenvalue weighted by atomic mass is 14.6. The monoisotopic (exact) mass is 423 g/mol. The van der Waals surface area contributed by atoms with Gasteiger partial charge in [-0.25, -0.2) is 0 Å². The molecule has 1 heterocycles. The molecular formula is C32H25N. The predicted molar refractivity (Wildman–Crippen MR) is 143 cm³/mol. The molecule has 5 aromatic rings. The molecule has 0 radical (unpaired) electrons. The van der Waals surface area contributed by atoms with Gasteiger partial charge in [-0.3, -0.25) is 4.98 Å². The van der Waals surface area contributed by atoms with Crippen LogP contribution in [0, 0.1) is 0 Å². The average Bonchev–Trinajstić information content (AvgIpc) is 2.88. The first-order chi connectivity index (χ1) is 16.3. The Morgan fingerprint density at radius 1 is 0.697 bits per heavy atom. The summed E-state index contributed by atoms with van der Waals surface area (Å²) in [4.78, 5) is 4.39. The van der Waals surface area contributed by atoms with E-state index < -0.39 is 0 Å². The maximum atomic E-state index is 4.39. The topological polar surface area (TPSA) is 12.9 Å². The Balaban J connectivity index is 1.80. The summed E-state index contributed by atoms with van der Waals surface area (Å²) in [6.07, 6.45) is 11.8. The second-order valence-electron chi connectivity index (χ2n) is 8.02. The van der Waals surface area contributed by atoms with Crippen LogP contribution in [0.4, 0.5) is 0 Å². The van der Waals surface area contributed by atoms with E-state index in [0.29, 0.717) is 0 Å². The Labute approximate surface area is 195 Å². The summed E-state index contributed by atoms with van der Waals surface area (Å²) in [5, 5.41) is 4.98. The highest BCUT2D eigenvalue weighted by Gasteiger charge is 2.16. The van der Waals surface area contributed by atoms with Crippen molar-refractivity contribution >= 4 is 27.1 Å². The van der Waals surface area contributed by atoms with E-state index in [1.165, 1.54) is 43.8 Å². The fraction of sp³-hybridized carbons (Fsp3) is 0.0312. The predicted octanol–water partition coefficient (Wildman–Crippen LogP) is 8.87. The van der Waals surface area contributed by atoms with Crippen LogP contribution >= 0.6 is 0 Å². The molecule has 0 amide bonds. The molecule has 0 saturated carbocycles. The van der Waals surface area contributed by atoms with Gasteiger partial charge in [0.15, 0.2) is 0 Å². The van der Waals surface area contributed by atoms with E-state index in [1.807, 2.05) is 37.5 Å². The summed E-state index contributed by atoms with van der Waals surface area (Å²) in [5.41, 5.74) is 7.18. The molecule has 5 rings (SSSR count). The third-order valence-corrected chi connectivity index (χ3v) is 6.03. The molecule has 0 bridgehead atoms. The largest absolute Gasteiger partial charge is 0.264 e. The summed E-state index contributed by atoms with van der Waals surface area (Å²) in [5.74, 6) is 0. The molecule has 0 spiro atoms. The van der Waals surface area contributed by atoms with Crippen LogP contribution in [0.1, 0.15) is 12.5 Å². The van der Waals surface area contributed by atoms with E-state index >= 15 is 0 Å². The number of aromatic nitrogens is 1. The highest BCUT2D eigenvalue weighted by molar-refractivity contribution is 6.21. The zero-order valence-corrected chi connectivity index (χ0v) is 18.7. The number of hydrogen-bond donors (Lipinski definition) is 0. The maximum Gasteiger partial charge on any atom is 0.0346 e. The second kappa shape index (κ2) is 9.10. The summed E-state index contributed by atoms with van der Waals surface area (Å²) < 4.78 is 0. The van der Waals surface area contributed by atoms with Crippen LogP contribution < -0.4 is 0 Å². The molecule has 1 aromatic heterocycles. The van der Waals surface area contributed by atoms with Crippen molar-refractivity contribution in [2.75, 3.05) is 0 Å². The number of benzene rings is 4. The number of allylic oxidation sites excluding steroid dienone is 5.